The molecule has 4 rings (SSSR count). The number of hydrogen-bond acceptors (Lipinski definition) is 8. The van der Waals surface area contributed by atoms with E-state index in [1.165, 1.54) is 38.2 Å². The number of halogens is 6. The summed E-state index contributed by atoms with van der Waals surface area (Å²) in [5, 5.41) is 25.7. The molecule has 4 heterocycles. The number of nitrogens with one attached hydrogen (secondary N) is 2. The van der Waals surface area contributed by atoms with Gasteiger partial charge in [-0.05, 0) is 44.0 Å². The standard InChI is InChI=1S/C17H25N7.2C2HF3O2/c1-3-14(10-18-4-1)12-23-7-8-24-16(13-23)9-15(22-24)11-21-17-19-5-2-6-20-17;2*3-2(4,5)1(6)7/h2,5-6,9,14,18H,1,3-4,7-8,10-13H2,(H,19,20,21);2*(H,6,7). The molecule has 0 spiro atoms. The Kier molecular flexibility index (Phi) is 11.2. The maximum atomic E-state index is 10.6. The lowest BCUT2D eigenvalue weighted by atomic mass is 9.99. The first-order valence-corrected chi connectivity index (χ1v) is 11.4. The van der Waals surface area contributed by atoms with Crippen molar-refractivity contribution in [3.8, 4) is 0 Å². The van der Waals surface area contributed by atoms with Crippen molar-refractivity contribution in [2.24, 2.45) is 5.92 Å². The summed E-state index contributed by atoms with van der Waals surface area (Å²) in [5.74, 6) is -4.07. The molecule has 0 radical (unpaired) electrons. The van der Waals surface area contributed by atoms with Crippen LogP contribution < -0.4 is 10.6 Å². The fraction of sp³-hybridized carbons (Fsp3) is 0.571. The second-order valence-electron chi connectivity index (χ2n) is 8.33. The number of fused-ring (bicyclic) bond motifs is 1. The summed E-state index contributed by atoms with van der Waals surface area (Å²) in [6.07, 6.45) is -4.01. The Morgan fingerprint density at radius 3 is 2.18 bits per heavy atom. The van der Waals surface area contributed by atoms with Crippen molar-refractivity contribution in [1.82, 2.24) is 30.0 Å². The average molecular weight is 555 g/mol. The highest BCUT2D eigenvalue weighted by molar-refractivity contribution is 5.73. The molecule has 17 heteroatoms. The van der Waals surface area contributed by atoms with Crippen molar-refractivity contribution < 1.29 is 46.1 Å². The fourth-order valence-corrected chi connectivity index (χ4v) is 3.63. The summed E-state index contributed by atoms with van der Waals surface area (Å²) in [4.78, 5) is 28.7. The van der Waals surface area contributed by atoms with Gasteiger partial charge in [-0.1, -0.05) is 0 Å². The molecule has 1 atom stereocenters. The predicted molar refractivity (Wildman–Crippen MR) is 120 cm³/mol. The van der Waals surface area contributed by atoms with Crippen molar-refractivity contribution in [2.75, 3.05) is 31.5 Å². The third-order valence-electron chi connectivity index (χ3n) is 5.32. The highest BCUT2D eigenvalue weighted by Gasteiger charge is 2.38. The van der Waals surface area contributed by atoms with Crippen molar-refractivity contribution in [2.45, 2.75) is 44.8 Å². The Morgan fingerprint density at radius 2 is 1.66 bits per heavy atom. The molecule has 0 saturated carbocycles. The van der Waals surface area contributed by atoms with E-state index < -0.39 is 24.3 Å². The van der Waals surface area contributed by atoms with E-state index in [0.29, 0.717) is 12.5 Å². The minimum Gasteiger partial charge on any atom is -0.475 e. The number of aliphatic carboxylic acids is 2. The Balaban J connectivity index is 0.000000301. The van der Waals surface area contributed by atoms with Crippen LogP contribution in [0.15, 0.2) is 24.5 Å². The van der Waals surface area contributed by atoms with Crippen LogP contribution in [-0.2, 0) is 29.2 Å². The lowest BCUT2D eigenvalue weighted by molar-refractivity contribution is -0.193. The van der Waals surface area contributed by atoms with Gasteiger partial charge >= 0.3 is 24.3 Å². The van der Waals surface area contributed by atoms with E-state index in [1.807, 2.05) is 6.07 Å². The highest BCUT2D eigenvalue weighted by atomic mass is 19.4. The van der Waals surface area contributed by atoms with E-state index in [0.717, 1.165) is 31.2 Å². The van der Waals surface area contributed by atoms with Crippen LogP contribution in [0.1, 0.15) is 24.2 Å². The summed E-state index contributed by atoms with van der Waals surface area (Å²) < 4.78 is 65.6. The normalized spacial score (nSPS) is 17.7. The molecule has 0 amide bonds. The Labute approximate surface area is 212 Å². The van der Waals surface area contributed by atoms with Gasteiger partial charge in [0.05, 0.1) is 24.5 Å². The van der Waals surface area contributed by atoms with Crippen molar-refractivity contribution >= 4 is 17.9 Å². The van der Waals surface area contributed by atoms with Crippen LogP contribution in [0.4, 0.5) is 32.3 Å². The molecule has 4 N–H and O–H groups in total. The van der Waals surface area contributed by atoms with Crippen LogP contribution in [0.5, 0.6) is 0 Å². The maximum absolute atomic E-state index is 10.6. The third kappa shape index (κ3) is 10.9. The van der Waals surface area contributed by atoms with Gasteiger partial charge in [0.1, 0.15) is 0 Å². The second kappa shape index (κ2) is 13.9. The molecule has 0 bridgehead atoms. The molecule has 1 fully saturated rings. The van der Waals surface area contributed by atoms with Gasteiger partial charge in [0.25, 0.3) is 0 Å². The number of piperidine rings is 1. The van der Waals surface area contributed by atoms with Crippen molar-refractivity contribution in [3.63, 3.8) is 0 Å². The van der Waals surface area contributed by atoms with E-state index in [4.69, 9.17) is 24.9 Å². The van der Waals surface area contributed by atoms with E-state index in [1.54, 1.807) is 12.4 Å². The number of carbonyl (C=O) groups is 2. The zero-order valence-corrected chi connectivity index (χ0v) is 20.0. The Bertz CT molecular complexity index is 1000. The van der Waals surface area contributed by atoms with E-state index >= 15 is 0 Å². The van der Waals surface area contributed by atoms with Gasteiger partial charge in [-0.3, -0.25) is 9.58 Å². The van der Waals surface area contributed by atoms with Crippen LogP contribution >= 0.6 is 0 Å². The number of hydrogen-bond donors (Lipinski definition) is 4. The number of nitrogens with zero attached hydrogens (tertiary/aromatic N) is 5. The third-order valence-corrected chi connectivity index (χ3v) is 5.32. The quantitative estimate of drug-likeness (QED) is 0.406. The molecular formula is C21H27F6N7O4. The fourth-order valence-electron chi connectivity index (χ4n) is 3.63. The van der Waals surface area contributed by atoms with Crippen LogP contribution in [0.2, 0.25) is 0 Å². The zero-order chi connectivity index (χ0) is 28.3. The minimum absolute atomic E-state index is 0.648. The van der Waals surface area contributed by atoms with Crippen LogP contribution in [-0.4, -0.2) is 85.3 Å². The van der Waals surface area contributed by atoms with Gasteiger partial charge in [-0.25, -0.2) is 19.6 Å². The largest absolute Gasteiger partial charge is 0.490 e. The molecule has 1 unspecified atom stereocenters. The summed E-state index contributed by atoms with van der Waals surface area (Å²) in [7, 11) is 0. The first-order valence-electron chi connectivity index (χ1n) is 11.4. The molecule has 0 aromatic carbocycles. The average Bonchev–Trinajstić information content (AvgIpc) is 3.26. The van der Waals surface area contributed by atoms with E-state index in [2.05, 4.69) is 36.2 Å². The monoisotopic (exact) mass is 555 g/mol. The predicted octanol–water partition coefficient (Wildman–Crippen LogP) is 2.37. The van der Waals surface area contributed by atoms with Crippen molar-refractivity contribution in [3.05, 3.63) is 35.9 Å². The van der Waals surface area contributed by atoms with Gasteiger partial charge in [0.2, 0.25) is 5.95 Å². The van der Waals surface area contributed by atoms with Crippen LogP contribution in [0.3, 0.4) is 0 Å². The van der Waals surface area contributed by atoms with Gasteiger partial charge in [0.15, 0.2) is 0 Å². The van der Waals surface area contributed by atoms with Gasteiger partial charge in [0, 0.05) is 32.0 Å². The smallest absolute Gasteiger partial charge is 0.475 e. The molecule has 212 valence electrons. The lowest BCUT2D eigenvalue weighted by Gasteiger charge is -2.32. The number of anilines is 1. The topological polar surface area (TPSA) is 146 Å². The molecule has 11 nitrogen and oxygen atoms in total. The second-order valence-corrected chi connectivity index (χ2v) is 8.33. The Hall–Kier alpha value is -3.47. The first kappa shape index (κ1) is 30.8. The van der Waals surface area contributed by atoms with Gasteiger partial charge in [-0.2, -0.15) is 31.4 Å². The van der Waals surface area contributed by atoms with E-state index in [9.17, 15) is 26.3 Å². The summed E-state index contributed by atoms with van der Waals surface area (Å²) in [6.45, 7) is 7.30. The lowest BCUT2D eigenvalue weighted by Crippen LogP contribution is -2.41. The molecule has 1 saturated heterocycles. The summed E-state index contributed by atoms with van der Waals surface area (Å²) in [6, 6.07) is 4.03. The first-order chi connectivity index (χ1) is 17.8. The summed E-state index contributed by atoms with van der Waals surface area (Å²) in [5.41, 5.74) is 2.37. The molecule has 2 aliphatic heterocycles. The molecule has 0 aliphatic carbocycles. The number of carboxylic acid groups (broad SMARTS) is 2. The summed E-state index contributed by atoms with van der Waals surface area (Å²) >= 11 is 0. The molecule has 2 aromatic rings. The molecule has 38 heavy (non-hydrogen) atoms. The number of alkyl halides is 6. The number of carboxylic acids is 2. The number of rotatable bonds is 5. The zero-order valence-electron chi connectivity index (χ0n) is 20.0. The van der Waals surface area contributed by atoms with Crippen LogP contribution in [0.25, 0.3) is 0 Å². The minimum atomic E-state index is -5.08. The molecule has 2 aromatic heterocycles. The van der Waals surface area contributed by atoms with Gasteiger partial charge in [-0.15, -0.1) is 0 Å². The van der Waals surface area contributed by atoms with E-state index in [-0.39, 0.29) is 0 Å². The van der Waals surface area contributed by atoms with Gasteiger partial charge < -0.3 is 20.8 Å². The van der Waals surface area contributed by atoms with Crippen molar-refractivity contribution in [1.29, 1.82) is 0 Å². The van der Waals surface area contributed by atoms with Crippen LogP contribution in [0, 0.1) is 5.92 Å². The SMILES string of the molecule is O=C(O)C(F)(F)F.O=C(O)C(F)(F)F.c1cnc(NCc2cc3n(n2)CCN(CC2CCCNC2)C3)nc1. The highest BCUT2D eigenvalue weighted by Crippen LogP contribution is 2.18. The maximum Gasteiger partial charge on any atom is 0.490 e. The number of aromatic nitrogens is 4. The Morgan fingerprint density at radius 1 is 1.05 bits per heavy atom. The molecular weight excluding hydrogens is 528 g/mol. The molecule has 2 aliphatic rings.